The van der Waals surface area contributed by atoms with Crippen LogP contribution in [0.5, 0.6) is 0 Å². The maximum Gasteiger partial charge on any atom is 0.0547 e. The van der Waals surface area contributed by atoms with Gasteiger partial charge in [-0.2, -0.15) is 0 Å². The van der Waals surface area contributed by atoms with Crippen LogP contribution in [0.2, 0.25) is 0 Å². The summed E-state index contributed by atoms with van der Waals surface area (Å²) in [7, 11) is 0. The first-order valence-electron chi connectivity index (χ1n) is 9.91. The van der Waals surface area contributed by atoms with E-state index in [1.165, 1.54) is 36.8 Å². The molecule has 2 unspecified atom stereocenters. The zero-order valence-electron chi connectivity index (χ0n) is 15.6. The quantitative estimate of drug-likeness (QED) is 0.565. The van der Waals surface area contributed by atoms with E-state index in [4.69, 9.17) is 5.41 Å². The van der Waals surface area contributed by atoms with Crippen molar-refractivity contribution in [3.63, 3.8) is 0 Å². The fraction of sp³-hybridized carbons (Fsp3) is 0.522. The Morgan fingerprint density at radius 2 is 2.08 bits per heavy atom. The van der Waals surface area contributed by atoms with Crippen molar-refractivity contribution in [2.75, 3.05) is 6.54 Å². The van der Waals surface area contributed by atoms with Gasteiger partial charge in [-0.3, -0.25) is 0 Å². The van der Waals surface area contributed by atoms with Gasteiger partial charge in [-0.05, 0) is 55.6 Å². The molecule has 3 aliphatic rings. The number of fused-ring (bicyclic) bond motifs is 2. The van der Waals surface area contributed by atoms with Crippen LogP contribution in [-0.2, 0) is 5.41 Å². The Morgan fingerprint density at radius 1 is 1.28 bits per heavy atom. The minimum absolute atomic E-state index is 0.249. The fourth-order valence-corrected chi connectivity index (χ4v) is 5.06. The van der Waals surface area contributed by atoms with Gasteiger partial charge in [0.05, 0.1) is 11.4 Å². The molecule has 2 nitrogen and oxygen atoms in total. The third-order valence-electron chi connectivity index (χ3n) is 6.61. The van der Waals surface area contributed by atoms with Gasteiger partial charge in [0, 0.05) is 12.0 Å². The van der Waals surface area contributed by atoms with Gasteiger partial charge in [-0.1, -0.05) is 61.8 Å². The molecule has 1 saturated carbocycles. The van der Waals surface area contributed by atoms with Crippen molar-refractivity contribution in [2.24, 2.45) is 5.92 Å². The van der Waals surface area contributed by atoms with Crippen molar-refractivity contribution < 1.29 is 0 Å². The van der Waals surface area contributed by atoms with Crippen LogP contribution >= 0.6 is 0 Å². The number of aryl methyl sites for hydroxylation is 1. The monoisotopic (exact) mass is 334 g/mol. The molecule has 1 fully saturated rings. The van der Waals surface area contributed by atoms with Gasteiger partial charge in [-0.15, -0.1) is 0 Å². The largest absolute Gasteiger partial charge is 0.384 e. The lowest BCUT2D eigenvalue weighted by atomic mass is 9.75. The molecular weight excluding hydrogens is 304 g/mol. The van der Waals surface area contributed by atoms with Crippen molar-refractivity contribution in [3.05, 3.63) is 58.8 Å². The van der Waals surface area contributed by atoms with E-state index in [0.29, 0.717) is 11.8 Å². The highest BCUT2D eigenvalue weighted by Crippen LogP contribution is 2.49. The summed E-state index contributed by atoms with van der Waals surface area (Å²) in [6, 6.07) is 7.09. The van der Waals surface area contributed by atoms with Crippen LogP contribution in [0, 0.1) is 18.3 Å². The molecule has 1 aliphatic heterocycles. The average molecular weight is 335 g/mol. The van der Waals surface area contributed by atoms with E-state index in [1.54, 1.807) is 5.56 Å². The van der Waals surface area contributed by atoms with Crippen LogP contribution in [0.3, 0.4) is 0 Å². The van der Waals surface area contributed by atoms with E-state index in [0.717, 1.165) is 30.8 Å². The van der Waals surface area contributed by atoms with E-state index in [-0.39, 0.29) is 5.41 Å². The first-order valence-corrected chi connectivity index (χ1v) is 9.91. The highest BCUT2D eigenvalue weighted by Gasteiger charge is 2.38. The molecule has 2 aliphatic carbocycles. The maximum absolute atomic E-state index is 8.55. The topological polar surface area (TPSA) is 35.9 Å². The zero-order chi connectivity index (χ0) is 17.4. The molecule has 1 aromatic carbocycles. The molecular formula is C23H30N2. The second-order valence-corrected chi connectivity index (χ2v) is 8.28. The maximum atomic E-state index is 8.55. The number of rotatable bonds is 3. The molecule has 2 heteroatoms. The second kappa shape index (κ2) is 6.48. The van der Waals surface area contributed by atoms with Crippen molar-refractivity contribution in [2.45, 2.75) is 63.7 Å². The Bertz CT molecular complexity index is 734. The van der Waals surface area contributed by atoms with Crippen LogP contribution in [0.15, 0.2) is 42.1 Å². The molecule has 1 aromatic rings. The van der Waals surface area contributed by atoms with Gasteiger partial charge in [0.1, 0.15) is 0 Å². The summed E-state index contributed by atoms with van der Waals surface area (Å²) in [4.78, 5) is 0. The molecule has 4 rings (SSSR count). The van der Waals surface area contributed by atoms with Crippen LogP contribution in [0.1, 0.15) is 68.1 Å². The number of nitrogens with one attached hydrogen (secondary N) is 2. The molecule has 25 heavy (non-hydrogen) atoms. The smallest absolute Gasteiger partial charge is 0.0547 e. The molecule has 1 heterocycles. The first-order chi connectivity index (χ1) is 12.1. The predicted molar refractivity (Wildman–Crippen MR) is 105 cm³/mol. The van der Waals surface area contributed by atoms with Crippen molar-refractivity contribution >= 4 is 5.71 Å². The molecule has 1 spiro atoms. The molecule has 2 atom stereocenters. The van der Waals surface area contributed by atoms with Gasteiger partial charge in [0.2, 0.25) is 0 Å². The lowest BCUT2D eigenvalue weighted by Gasteiger charge is -2.29. The Balaban J connectivity index is 1.69. The minimum atomic E-state index is 0.249. The van der Waals surface area contributed by atoms with Crippen LogP contribution in [-0.4, -0.2) is 12.3 Å². The standard InChI is InChI=1S/C23H30N2/c1-16-7-8-20-19(14-16)17(2)18(9-12-23(20)10-3-4-11-23)15-21(24)22-6-5-13-25-22/h6-9,12,14,17-18,24-25H,3-5,10-11,13,15H2,1-2H3. The van der Waals surface area contributed by atoms with E-state index < -0.39 is 0 Å². The molecule has 0 saturated heterocycles. The average Bonchev–Trinajstić information content (AvgIpc) is 3.28. The molecule has 132 valence electrons. The van der Waals surface area contributed by atoms with Crippen LogP contribution < -0.4 is 5.32 Å². The van der Waals surface area contributed by atoms with Crippen molar-refractivity contribution in [1.29, 1.82) is 5.41 Å². The lowest BCUT2D eigenvalue weighted by molar-refractivity contribution is 0.546. The summed E-state index contributed by atoms with van der Waals surface area (Å²) in [6.07, 6.45) is 14.3. The number of hydrogen-bond acceptors (Lipinski definition) is 2. The Kier molecular flexibility index (Phi) is 4.31. The van der Waals surface area contributed by atoms with Gasteiger partial charge >= 0.3 is 0 Å². The summed E-state index contributed by atoms with van der Waals surface area (Å²) in [6.45, 7) is 5.56. The van der Waals surface area contributed by atoms with Crippen molar-refractivity contribution in [3.8, 4) is 0 Å². The lowest BCUT2D eigenvalue weighted by Crippen LogP contribution is -2.21. The van der Waals surface area contributed by atoms with Crippen LogP contribution in [0.4, 0.5) is 0 Å². The summed E-state index contributed by atoms with van der Waals surface area (Å²) in [5, 5.41) is 11.9. The summed E-state index contributed by atoms with van der Waals surface area (Å²) >= 11 is 0. The molecule has 0 radical (unpaired) electrons. The minimum Gasteiger partial charge on any atom is -0.384 e. The SMILES string of the molecule is Cc1ccc2c(c1)C(C)C(CC(=N)C1=CCCN1)C=CC21CCCC1. The van der Waals surface area contributed by atoms with E-state index in [1.807, 2.05) is 0 Å². The van der Waals surface area contributed by atoms with Gasteiger partial charge in [-0.25, -0.2) is 0 Å². The molecule has 0 bridgehead atoms. The normalized spacial score (nSPS) is 26.9. The number of hydrogen-bond donors (Lipinski definition) is 2. The zero-order valence-corrected chi connectivity index (χ0v) is 15.6. The highest BCUT2D eigenvalue weighted by molar-refractivity contribution is 5.97. The van der Waals surface area contributed by atoms with E-state index in [2.05, 4.69) is 55.6 Å². The number of allylic oxidation sites excluding steroid dienone is 3. The summed E-state index contributed by atoms with van der Waals surface area (Å²) in [5.74, 6) is 0.879. The summed E-state index contributed by atoms with van der Waals surface area (Å²) in [5.41, 5.74) is 6.53. The Labute approximate surface area is 151 Å². The molecule has 2 N–H and O–H groups in total. The van der Waals surface area contributed by atoms with Gasteiger partial charge in [0.25, 0.3) is 0 Å². The first kappa shape index (κ1) is 16.6. The van der Waals surface area contributed by atoms with Crippen molar-refractivity contribution in [1.82, 2.24) is 5.32 Å². The molecule has 0 amide bonds. The predicted octanol–water partition coefficient (Wildman–Crippen LogP) is 5.38. The Morgan fingerprint density at radius 3 is 2.80 bits per heavy atom. The third-order valence-corrected chi connectivity index (χ3v) is 6.61. The number of benzene rings is 1. The van der Waals surface area contributed by atoms with E-state index in [9.17, 15) is 0 Å². The fourth-order valence-electron chi connectivity index (χ4n) is 5.06. The van der Waals surface area contributed by atoms with E-state index >= 15 is 0 Å². The summed E-state index contributed by atoms with van der Waals surface area (Å²) < 4.78 is 0. The highest BCUT2D eigenvalue weighted by atomic mass is 14.9. The Hall–Kier alpha value is -1.83. The van der Waals surface area contributed by atoms with Crippen LogP contribution in [0.25, 0.3) is 0 Å². The van der Waals surface area contributed by atoms with Gasteiger partial charge in [0.15, 0.2) is 0 Å². The third kappa shape index (κ3) is 2.96. The van der Waals surface area contributed by atoms with Gasteiger partial charge < -0.3 is 10.7 Å². The molecule has 0 aromatic heterocycles. The second-order valence-electron chi connectivity index (χ2n) is 8.28.